The molecule has 0 aromatic carbocycles. The fourth-order valence-corrected chi connectivity index (χ4v) is 4.78. The number of carbonyl (C=O) groups excluding carboxylic acids is 1. The summed E-state index contributed by atoms with van der Waals surface area (Å²) in [6.07, 6.45) is 6.92. The number of aromatic nitrogens is 1. The number of hydrogen-bond donors (Lipinski definition) is 2. The molecule has 1 fully saturated rings. The van der Waals surface area contributed by atoms with Crippen LogP contribution in [0.15, 0.2) is 41.2 Å². The SMILES string of the molecule is O=C(O)C1=C(CCCC[n+]2ccccc2)S[C@@H]2[C@@H](CCO)C(=O)N12. The first-order valence-electron chi connectivity index (χ1n) is 8.14. The number of pyridine rings is 1. The maximum atomic E-state index is 12.1. The number of aryl methyl sites for hydroxylation is 1. The molecule has 1 aromatic rings. The lowest BCUT2D eigenvalue weighted by Crippen LogP contribution is -2.57. The number of aliphatic hydroxyl groups is 1. The van der Waals surface area contributed by atoms with Crippen molar-refractivity contribution in [3.05, 3.63) is 41.2 Å². The highest BCUT2D eigenvalue weighted by Gasteiger charge is 2.55. The summed E-state index contributed by atoms with van der Waals surface area (Å²) in [7, 11) is 0. The Morgan fingerprint density at radius 2 is 2.00 bits per heavy atom. The van der Waals surface area contributed by atoms with Gasteiger partial charge in [-0.15, -0.1) is 11.8 Å². The highest BCUT2D eigenvalue weighted by atomic mass is 32.2. The van der Waals surface area contributed by atoms with Crippen molar-refractivity contribution in [2.75, 3.05) is 6.61 Å². The molecule has 1 saturated heterocycles. The first-order valence-corrected chi connectivity index (χ1v) is 9.02. The second-order valence-corrected chi connectivity index (χ2v) is 7.19. The number of rotatable bonds is 8. The number of thioether (sulfide) groups is 1. The summed E-state index contributed by atoms with van der Waals surface area (Å²) in [5, 5.41) is 18.4. The van der Waals surface area contributed by atoms with Crippen molar-refractivity contribution in [1.29, 1.82) is 0 Å². The zero-order valence-corrected chi connectivity index (χ0v) is 14.1. The standard InChI is InChI=1S/C17H20N2O4S/c20-11-7-12-15(21)19-14(17(22)23)13(24-16(12)19)6-2-5-10-18-8-3-1-4-9-18/h1,3-4,8-9,12,16,20H,2,5-7,10-11H2/p+1/t12-,16+/m0/s1. The average molecular weight is 349 g/mol. The van der Waals surface area contributed by atoms with Crippen LogP contribution in [0.2, 0.25) is 0 Å². The van der Waals surface area contributed by atoms with E-state index >= 15 is 0 Å². The Hall–Kier alpha value is -1.86. The van der Waals surface area contributed by atoms with Crippen LogP contribution >= 0.6 is 11.8 Å². The van der Waals surface area contributed by atoms with Gasteiger partial charge in [0.1, 0.15) is 12.2 Å². The van der Waals surface area contributed by atoms with Crippen LogP contribution in [0.3, 0.4) is 0 Å². The van der Waals surface area contributed by atoms with E-state index in [1.54, 1.807) is 0 Å². The van der Waals surface area contributed by atoms with Crippen LogP contribution < -0.4 is 4.57 Å². The number of nitrogens with zero attached hydrogens (tertiary/aromatic N) is 2. The molecule has 7 heteroatoms. The predicted octanol–water partition coefficient (Wildman–Crippen LogP) is 1.35. The van der Waals surface area contributed by atoms with Crippen LogP contribution in [0.25, 0.3) is 0 Å². The number of carbonyl (C=O) groups is 2. The summed E-state index contributed by atoms with van der Waals surface area (Å²) < 4.78 is 2.10. The molecule has 24 heavy (non-hydrogen) atoms. The maximum absolute atomic E-state index is 12.1. The molecule has 128 valence electrons. The van der Waals surface area contributed by atoms with Gasteiger partial charge in [-0.05, 0) is 19.3 Å². The molecule has 0 bridgehead atoms. The van der Waals surface area contributed by atoms with Crippen molar-refractivity contribution < 1.29 is 24.4 Å². The van der Waals surface area contributed by atoms with Gasteiger partial charge in [0, 0.05) is 30.1 Å². The zero-order valence-electron chi connectivity index (χ0n) is 13.3. The lowest BCUT2D eigenvalue weighted by Gasteiger charge is -2.42. The third-order valence-corrected chi connectivity index (χ3v) is 5.87. The summed E-state index contributed by atoms with van der Waals surface area (Å²) >= 11 is 1.48. The van der Waals surface area contributed by atoms with Crippen molar-refractivity contribution >= 4 is 23.6 Å². The number of allylic oxidation sites excluding steroid dienone is 1. The summed E-state index contributed by atoms with van der Waals surface area (Å²) in [6.45, 7) is 0.841. The van der Waals surface area contributed by atoms with Gasteiger partial charge < -0.3 is 10.2 Å². The van der Waals surface area contributed by atoms with E-state index in [-0.39, 0.29) is 29.5 Å². The number of β-lactam (4-membered cyclic amide) rings is 1. The number of aliphatic carboxylic acids is 1. The average Bonchev–Trinajstić information content (AvgIpc) is 2.93. The lowest BCUT2D eigenvalue weighted by atomic mass is 9.94. The molecule has 3 rings (SSSR count). The molecular weight excluding hydrogens is 328 g/mol. The fourth-order valence-electron chi connectivity index (χ4n) is 3.20. The molecule has 0 radical (unpaired) electrons. The third kappa shape index (κ3) is 3.18. The normalized spacial score (nSPS) is 22.5. The summed E-state index contributed by atoms with van der Waals surface area (Å²) in [5.74, 6) is -1.46. The molecule has 1 aromatic heterocycles. The Bertz CT molecular complexity index is 662. The van der Waals surface area contributed by atoms with Crippen LogP contribution in [0.4, 0.5) is 0 Å². The summed E-state index contributed by atoms with van der Waals surface area (Å²) in [6, 6.07) is 5.94. The molecule has 0 aliphatic carbocycles. The van der Waals surface area contributed by atoms with Gasteiger partial charge in [-0.1, -0.05) is 6.07 Å². The number of fused-ring (bicyclic) bond motifs is 1. The quantitative estimate of drug-likeness (QED) is 0.421. The molecule has 2 aliphatic heterocycles. The Balaban J connectivity index is 1.58. The number of aliphatic hydroxyl groups excluding tert-OH is 1. The van der Waals surface area contributed by atoms with Crippen molar-refractivity contribution in [3.63, 3.8) is 0 Å². The Morgan fingerprint density at radius 1 is 1.25 bits per heavy atom. The highest BCUT2D eigenvalue weighted by Crippen LogP contribution is 2.51. The van der Waals surface area contributed by atoms with Crippen molar-refractivity contribution in [2.24, 2.45) is 5.92 Å². The number of unbranched alkanes of at least 4 members (excludes halogenated alkanes) is 1. The maximum Gasteiger partial charge on any atom is 0.353 e. The largest absolute Gasteiger partial charge is 0.477 e. The second kappa shape index (κ2) is 7.36. The topological polar surface area (TPSA) is 81.7 Å². The Kier molecular flexibility index (Phi) is 5.20. The van der Waals surface area contributed by atoms with Crippen LogP contribution in [-0.4, -0.2) is 39.0 Å². The van der Waals surface area contributed by atoms with E-state index in [1.807, 2.05) is 30.6 Å². The smallest absolute Gasteiger partial charge is 0.353 e. The van der Waals surface area contributed by atoms with Gasteiger partial charge in [-0.25, -0.2) is 9.36 Å². The van der Waals surface area contributed by atoms with Gasteiger partial charge in [0.05, 0.1) is 11.3 Å². The first kappa shape index (κ1) is 17.0. The van der Waals surface area contributed by atoms with E-state index < -0.39 is 5.97 Å². The van der Waals surface area contributed by atoms with E-state index in [0.717, 1.165) is 24.3 Å². The van der Waals surface area contributed by atoms with E-state index in [1.165, 1.54) is 16.7 Å². The number of amides is 1. The highest BCUT2D eigenvalue weighted by molar-refractivity contribution is 8.04. The number of hydrogen-bond acceptors (Lipinski definition) is 4. The van der Waals surface area contributed by atoms with E-state index in [0.29, 0.717) is 12.8 Å². The first-order chi connectivity index (χ1) is 11.6. The van der Waals surface area contributed by atoms with Crippen LogP contribution in [-0.2, 0) is 16.1 Å². The molecule has 3 heterocycles. The monoisotopic (exact) mass is 349 g/mol. The van der Waals surface area contributed by atoms with Crippen molar-refractivity contribution in [3.8, 4) is 0 Å². The molecular formula is C17H21N2O4S+. The number of carboxylic acid groups (broad SMARTS) is 1. The molecule has 0 spiro atoms. The zero-order chi connectivity index (χ0) is 17.1. The minimum Gasteiger partial charge on any atom is -0.477 e. The molecule has 6 nitrogen and oxygen atoms in total. The Morgan fingerprint density at radius 3 is 2.67 bits per heavy atom. The minimum absolute atomic E-state index is 0.0483. The molecule has 1 amide bonds. The minimum atomic E-state index is -1.03. The van der Waals surface area contributed by atoms with Gasteiger partial charge >= 0.3 is 5.97 Å². The van der Waals surface area contributed by atoms with Gasteiger partial charge in [-0.2, -0.15) is 0 Å². The van der Waals surface area contributed by atoms with Gasteiger partial charge in [0.2, 0.25) is 5.91 Å². The Labute approximate surface area is 144 Å². The molecule has 2 atom stereocenters. The molecule has 0 unspecified atom stereocenters. The van der Waals surface area contributed by atoms with Gasteiger partial charge in [0.15, 0.2) is 12.4 Å². The third-order valence-electron chi connectivity index (χ3n) is 4.41. The lowest BCUT2D eigenvalue weighted by molar-refractivity contribution is -0.697. The fraction of sp³-hybridized carbons (Fsp3) is 0.471. The van der Waals surface area contributed by atoms with E-state index in [4.69, 9.17) is 5.11 Å². The van der Waals surface area contributed by atoms with Crippen molar-refractivity contribution in [1.82, 2.24) is 4.90 Å². The van der Waals surface area contributed by atoms with Gasteiger partial charge in [-0.3, -0.25) is 9.69 Å². The predicted molar refractivity (Wildman–Crippen MR) is 88.6 cm³/mol. The van der Waals surface area contributed by atoms with Crippen LogP contribution in [0.5, 0.6) is 0 Å². The molecule has 2 aliphatic rings. The van der Waals surface area contributed by atoms with Gasteiger partial charge in [0.25, 0.3) is 0 Å². The molecule has 0 saturated carbocycles. The summed E-state index contributed by atoms with van der Waals surface area (Å²) in [5.41, 5.74) is 0.150. The number of carboxylic acids is 1. The van der Waals surface area contributed by atoms with E-state index in [9.17, 15) is 14.7 Å². The molecule has 2 N–H and O–H groups in total. The van der Waals surface area contributed by atoms with Crippen LogP contribution in [0, 0.1) is 5.92 Å². The van der Waals surface area contributed by atoms with Crippen LogP contribution in [0.1, 0.15) is 25.7 Å². The van der Waals surface area contributed by atoms with E-state index in [2.05, 4.69) is 4.57 Å². The van der Waals surface area contributed by atoms with Crippen molar-refractivity contribution in [2.45, 2.75) is 37.6 Å². The summed E-state index contributed by atoms with van der Waals surface area (Å²) in [4.78, 5) is 25.8. The second-order valence-electron chi connectivity index (χ2n) is 5.98.